The van der Waals surface area contributed by atoms with Gasteiger partial charge in [0.2, 0.25) is 0 Å². The first kappa shape index (κ1) is 17.7. The third kappa shape index (κ3) is 4.51. The highest BCUT2D eigenvalue weighted by Gasteiger charge is 2.15. The van der Waals surface area contributed by atoms with Crippen LogP contribution < -0.4 is 4.74 Å². The van der Waals surface area contributed by atoms with Crippen LogP contribution >= 0.6 is 23.2 Å². The topological polar surface area (TPSA) is 43.2 Å². The highest BCUT2D eigenvalue weighted by Crippen LogP contribution is 2.25. The van der Waals surface area contributed by atoms with Gasteiger partial charge in [0.05, 0.1) is 5.69 Å². The van der Waals surface area contributed by atoms with Crippen molar-refractivity contribution < 1.29 is 4.74 Å². The average molecular weight is 377 g/mol. The molecule has 0 spiro atoms. The fourth-order valence-electron chi connectivity index (χ4n) is 2.22. The summed E-state index contributed by atoms with van der Waals surface area (Å²) < 4.78 is 7.43. The van der Waals surface area contributed by atoms with Crippen molar-refractivity contribution in [1.82, 2.24) is 19.7 Å². The van der Waals surface area contributed by atoms with E-state index in [4.69, 9.17) is 27.9 Å². The monoisotopic (exact) mass is 376 g/mol. The fraction of sp³-hybridized carbons (Fsp3) is 0.222. The summed E-state index contributed by atoms with van der Waals surface area (Å²) in [5.74, 6) is 0.679. The van der Waals surface area contributed by atoms with E-state index in [0.717, 1.165) is 17.8 Å². The van der Waals surface area contributed by atoms with Crippen molar-refractivity contribution in [2.24, 2.45) is 0 Å². The average Bonchev–Trinajstić information content (AvgIpc) is 3.00. The summed E-state index contributed by atoms with van der Waals surface area (Å²) in [5, 5.41) is 5.83. The number of aromatic nitrogens is 3. The molecule has 130 valence electrons. The Morgan fingerprint density at radius 2 is 1.56 bits per heavy atom. The molecule has 0 atom stereocenters. The number of hydrogen-bond donors (Lipinski definition) is 0. The molecular formula is C18H18Cl2N4O. The first-order valence-electron chi connectivity index (χ1n) is 7.79. The molecule has 1 aromatic heterocycles. The van der Waals surface area contributed by atoms with E-state index in [-0.39, 0.29) is 0 Å². The Morgan fingerprint density at radius 1 is 0.960 bits per heavy atom. The Balaban J connectivity index is 1.97. The van der Waals surface area contributed by atoms with Crippen LogP contribution in [0.15, 0.2) is 48.5 Å². The number of nitrogens with zero attached hydrogens (tertiary/aromatic N) is 4. The lowest BCUT2D eigenvalue weighted by atomic mass is 10.2. The molecule has 0 aliphatic heterocycles. The van der Waals surface area contributed by atoms with Gasteiger partial charge in [-0.1, -0.05) is 23.2 Å². The molecule has 3 rings (SSSR count). The van der Waals surface area contributed by atoms with E-state index < -0.39 is 0 Å². The number of likely N-dealkylation sites (N-methyl/N-ethyl adjacent to an activating group) is 1. The molecule has 0 amide bonds. The molecule has 0 saturated carbocycles. The van der Waals surface area contributed by atoms with E-state index in [0.29, 0.717) is 28.5 Å². The van der Waals surface area contributed by atoms with Gasteiger partial charge in [0.25, 0.3) is 0 Å². The maximum atomic E-state index is 5.99. The summed E-state index contributed by atoms with van der Waals surface area (Å²) in [6.45, 7) is 1.30. The molecule has 2 aromatic carbocycles. The molecule has 0 aliphatic carbocycles. The first-order chi connectivity index (χ1) is 12.0. The molecular weight excluding hydrogens is 359 g/mol. The Kier molecular flexibility index (Phi) is 5.58. The van der Waals surface area contributed by atoms with Crippen molar-refractivity contribution in [1.29, 1.82) is 0 Å². The van der Waals surface area contributed by atoms with Gasteiger partial charge in [-0.3, -0.25) is 0 Å². The molecule has 0 unspecified atom stereocenters. The van der Waals surface area contributed by atoms with Crippen molar-refractivity contribution in [3.05, 3.63) is 58.6 Å². The lowest BCUT2D eigenvalue weighted by molar-refractivity contribution is 0.245. The van der Waals surface area contributed by atoms with E-state index >= 15 is 0 Å². The van der Waals surface area contributed by atoms with E-state index in [1.807, 2.05) is 67.5 Å². The molecule has 1 heterocycles. The molecule has 0 bridgehead atoms. The van der Waals surface area contributed by atoms with Gasteiger partial charge in [-0.05, 0) is 62.6 Å². The van der Waals surface area contributed by atoms with Crippen LogP contribution in [0.4, 0.5) is 0 Å². The summed E-state index contributed by atoms with van der Waals surface area (Å²) in [6, 6.07) is 15.2. The molecule has 5 nitrogen and oxygen atoms in total. The van der Waals surface area contributed by atoms with Gasteiger partial charge < -0.3 is 9.64 Å². The number of halogens is 2. The van der Waals surface area contributed by atoms with E-state index in [1.54, 1.807) is 4.68 Å². The summed E-state index contributed by atoms with van der Waals surface area (Å²) >= 11 is 12.0. The molecule has 0 fully saturated rings. The van der Waals surface area contributed by atoms with Crippen LogP contribution in [0.3, 0.4) is 0 Å². The van der Waals surface area contributed by atoms with Crippen LogP contribution in [0.1, 0.15) is 0 Å². The summed E-state index contributed by atoms with van der Waals surface area (Å²) in [7, 11) is 3.98. The summed E-state index contributed by atoms with van der Waals surface area (Å²) in [5.41, 5.74) is 1.75. The third-order valence-corrected chi connectivity index (χ3v) is 4.03. The predicted molar refractivity (Wildman–Crippen MR) is 101 cm³/mol. The summed E-state index contributed by atoms with van der Waals surface area (Å²) in [6.07, 6.45) is 0. The number of rotatable bonds is 6. The van der Waals surface area contributed by atoms with Gasteiger partial charge in [-0.15, -0.1) is 5.10 Å². The quantitative estimate of drug-likeness (QED) is 0.646. The summed E-state index contributed by atoms with van der Waals surface area (Å²) in [4.78, 5) is 6.58. The van der Waals surface area contributed by atoms with Crippen LogP contribution in [-0.4, -0.2) is 46.9 Å². The second-order valence-corrected chi connectivity index (χ2v) is 6.64. The van der Waals surface area contributed by atoms with Crippen molar-refractivity contribution in [3.63, 3.8) is 0 Å². The van der Waals surface area contributed by atoms with Crippen molar-refractivity contribution in [2.45, 2.75) is 0 Å². The second kappa shape index (κ2) is 7.87. The van der Waals surface area contributed by atoms with Gasteiger partial charge in [0, 0.05) is 22.2 Å². The van der Waals surface area contributed by atoms with E-state index in [1.165, 1.54) is 0 Å². The van der Waals surface area contributed by atoms with Gasteiger partial charge in [-0.2, -0.15) is 4.98 Å². The Bertz CT molecular complexity index is 766. The van der Waals surface area contributed by atoms with Crippen LogP contribution in [0.5, 0.6) is 6.01 Å². The highest BCUT2D eigenvalue weighted by atomic mass is 35.5. The second-order valence-electron chi connectivity index (χ2n) is 5.76. The lowest BCUT2D eigenvalue weighted by Gasteiger charge is -2.08. The standard InChI is InChI=1S/C18H18Cl2N4O/c1-23(2)11-12-25-18-21-17(13-3-5-14(19)6-4-13)24(22-18)16-9-7-15(20)8-10-16/h3-10H,11-12H2,1-2H3. The molecule has 0 aliphatic rings. The maximum Gasteiger partial charge on any atom is 0.336 e. The number of hydrogen-bond acceptors (Lipinski definition) is 4. The van der Waals surface area contributed by atoms with Crippen LogP contribution in [0.2, 0.25) is 10.0 Å². The minimum Gasteiger partial charge on any atom is -0.461 e. The normalized spacial score (nSPS) is 11.1. The van der Waals surface area contributed by atoms with Crippen LogP contribution in [0.25, 0.3) is 17.1 Å². The lowest BCUT2D eigenvalue weighted by Crippen LogP contribution is -2.19. The van der Waals surface area contributed by atoms with Crippen LogP contribution in [-0.2, 0) is 0 Å². The maximum absolute atomic E-state index is 5.99. The molecule has 0 saturated heterocycles. The Morgan fingerprint density at radius 3 is 2.16 bits per heavy atom. The van der Waals surface area contributed by atoms with Crippen molar-refractivity contribution in [2.75, 3.05) is 27.2 Å². The third-order valence-electron chi connectivity index (χ3n) is 3.53. The largest absolute Gasteiger partial charge is 0.461 e. The fourth-order valence-corrected chi connectivity index (χ4v) is 2.47. The molecule has 7 heteroatoms. The van der Waals surface area contributed by atoms with Gasteiger partial charge >= 0.3 is 6.01 Å². The smallest absolute Gasteiger partial charge is 0.336 e. The Labute approximate surface area is 156 Å². The Hall–Kier alpha value is -2.08. The zero-order valence-electron chi connectivity index (χ0n) is 14.0. The number of ether oxygens (including phenoxy) is 1. The minimum atomic E-state index is 0.335. The van der Waals surface area contributed by atoms with Crippen LogP contribution in [0, 0.1) is 0 Å². The molecule has 3 aromatic rings. The van der Waals surface area contributed by atoms with Crippen molar-refractivity contribution in [3.8, 4) is 23.1 Å². The zero-order chi connectivity index (χ0) is 17.8. The van der Waals surface area contributed by atoms with Gasteiger partial charge in [-0.25, -0.2) is 4.68 Å². The zero-order valence-corrected chi connectivity index (χ0v) is 15.5. The molecule has 25 heavy (non-hydrogen) atoms. The van der Waals surface area contributed by atoms with E-state index in [9.17, 15) is 0 Å². The first-order valence-corrected chi connectivity index (χ1v) is 8.55. The predicted octanol–water partition coefficient (Wildman–Crippen LogP) is 4.18. The SMILES string of the molecule is CN(C)CCOc1nc(-c2ccc(Cl)cc2)n(-c2ccc(Cl)cc2)n1. The van der Waals surface area contributed by atoms with Crippen molar-refractivity contribution >= 4 is 23.2 Å². The highest BCUT2D eigenvalue weighted by molar-refractivity contribution is 6.30. The van der Waals surface area contributed by atoms with Gasteiger partial charge in [0.15, 0.2) is 5.82 Å². The van der Waals surface area contributed by atoms with Gasteiger partial charge in [0.1, 0.15) is 6.61 Å². The molecule has 0 N–H and O–H groups in total. The molecule has 0 radical (unpaired) electrons. The van der Waals surface area contributed by atoms with E-state index in [2.05, 4.69) is 10.1 Å². The minimum absolute atomic E-state index is 0.335. The number of benzene rings is 2.